The number of fused-ring (bicyclic) bond motifs is 1. The first-order valence-electron chi connectivity index (χ1n) is 7.47. The van der Waals surface area contributed by atoms with Gasteiger partial charge < -0.3 is 4.74 Å². The summed E-state index contributed by atoms with van der Waals surface area (Å²) in [6.45, 7) is 4.12. The van der Waals surface area contributed by atoms with Crippen molar-refractivity contribution in [3.8, 4) is 5.69 Å². The van der Waals surface area contributed by atoms with E-state index in [1.165, 1.54) is 5.39 Å². The van der Waals surface area contributed by atoms with Crippen LogP contribution in [-0.2, 0) is 11.3 Å². The minimum atomic E-state index is 0. The lowest BCUT2D eigenvalue weighted by atomic mass is 10.1. The van der Waals surface area contributed by atoms with Gasteiger partial charge in [-0.05, 0) is 21.9 Å². The van der Waals surface area contributed by atoms with Gasteiger partial charge in [0.25, 0.3) is 0 Å². The van der Waals surface area contributed by atoms with Crippen LogP contribution in [0.2, 0.25) is 0 Å². The number of benzene rings is 2. The molecular weight excluding hydrogens is 314 g/mol. The molecule has 6 nitrogen and oxygen atoms in total. The fourth-order valence-corrected chi connectivity index (χ4v) is 2.84. The summed E-state index contributed by atoms with van der Waals surface area (Å²) in [6.07, 6.45) is 0. The molecule has 0 radical (unpaired) electrons. The smallest absolute Gasteiger partial charge is 0.170 e. The molecule has 1 fully saturated rings. The first-order valence-corrected chi connectivity index (χ1v) is 7.47. The lowest BCUT2D eigenvalue weighted by Gasteiger charge is -2.25. The van der Waals surface area contributed by atoms with E-state index in [4.69, 9.17) is 4.74 Å². The van der Waals surface area contributed by atoms with E-state index in [0.717, 1.165) is 49.7 Å². The molecule has 2 heterocycles. The fourth-order valence-electron chi connectivity index (χ4n) is 2.84. The Morgan fingerprint density at radius 1 is 1.00 bits per heavy atom. The largest absolute Gasteiger partial charge is 0.379 e. The summed E-state index contributed by atoms with van der Waals surface area (Å²) in [6, 6.07) is 14.5. The summed E-state index contributed by atoms with van der Waals surface area (Å²) in [5.74, 6) is 0.859. The van der Waals surface area contributed by atoms with E-state index >= 15 is 0 Å². The van der Waals surface area contributed by atoms with Gasteiger partial charge in [-0.15, -0.1) is 17.5 Å². The van der Waals surface area contributed by atoms with Gasteiger partial charge in [0.05, 0.1) is 25.4 Å². The number of halogens is 1. The van der Waals surface area contributed by atoms with Crippen LogP contribution in [-0.4, -0.2) is 51.4 Å². The van der Waals surface area contributed by atoms with Crippen molar-refractivity contribution in [1.29, 1.82) is 0 Å². The molecule has 1 aromatic heterocycles. The molecule has 1 aliphatic heterocycles. The SMILES string of the molecule is Cl.c1ccc2c(-n3nnnc3CN3CCOCC3)cccc2c1. The molecule has 120 valence electrons. The third kappa shape index (κ3) is 3.19. The van der Waals surface area contributed by atoms with Gasteiger partial charge in [-0.3, -0.25) is 4.90 Å². The van der Waals surface area contributed by atoms with Crippen LogP contribution in [0.4, 0.5) is 0 Å². The predicted molar refractivity (Wildman–Crippen MR) is 90.0 cm³/mol. The Morgan fingerprint density at radius 3 is 2.65 bits per heavy atom. The summed E-state index contributed by atoms with van der Waals surface area (Å²) in [5, 5.41) is 14.6. The van der Waals surface area contributed by atoms with Crippen molar-refractivity contribution >= 4 is 23.2 Å². The van der Waals surface area contributed by atoms with Crippen molar-refractivity contribution in [3.05, 3.63) is 48.3 Å². The molecule has 0 bridgehead atoms. The topological polar surface area (TPSA) is 56.1 Å². The molecular formula is C16H18ClN5O. The summed E-state index contributed by atoms with van der Waals surface area (Å²) in [7, 11) is 0. The monoisotopic (exact) mass is 331 g/mol. The Kier molecular flexibility index (Phi) is 4.85. The maximum Gasteiger partial charge on any atom is 0.170 e. The second-order valence-corrected chi connectivity index (χ2v) is 5.39. The molecule has 0 N–H and O–H groups in total. The van der Waals surface area contributed by atoms with Gasteiger partial charge in [0, 0.05) is 18.5 Å². The van der Waals surface area contributed by atoms with E-state index in [1.54, 1.807) is 0 Å². The molecule has 0 saturated carbocycles. The van der Waals surface area contributed by atoms with E-state index in [9.17, 15) is 0 Å². The van der Waals surface area contributed by atoms with Crippen LogP contribution in [0.25, 0.3) is 16.5 Å². The number of tetrazole rings is 1. The maximum absolute atomic E-state index is 5.39. The molecule has 4 rings (SSSR count). The van der Waals surface area contributed by atoms with Gasteiger partial charge in [0.2, 0.25) is 0 Å². The van der Waals surface area contributed by atoms with Crippen molar-refractivity contribution in [1.82, 2.24) is 25.1 Å². The first-order chi connectivity index (χ1) is 10.9. The number of hydrogen-bond acceptors (Lipinski definition) is 5. The summed E-state index contributed by atoms with van der Waals surface area (Å²) >= 11 is 0. The van der Waals surface area contributed by atoms with Crippen molar-refractivity contribution in [2.45, 2.75) is 6.54 Å². The number of ether oxygens (including phenoxy) is 1. The average Bonchev–Trinajstić information content (AvgIpc) is 3.03. The molecule has 23 heavy (non-hydrogen) atoms. The van der Waals surface area contributed by atoms with Gasteiger partial charge in [-0.25, -0.2) is 0 Å². The van der Waals surface area contributed by atoms with Gasteiger partial charge in [-0.2, -0.15) is 4.68 Å². The zero-order chi connectivity index (χ0) is 14.8. The molecule has 1 saturated heterocycles. The highest BCUT2D eigenvalue weighted by molar-refractivity contribution is 5.90. The van der Waals surface area contributed by atoms with Crippen LogP contribution >= 0.6 is 12.4 Å². The highest BCUT2D eigenvalue weighted by atomic mass is 35.5. The molecule has 1 aliphatic rings. The van der Waals surface area contributed by atoms with E-state index in [-0.39, 0.29) is 12.4 Å². The summed E-state index contributed by atoms with van der Waals surface area (Å²) in [5.41, 5.74) is 1.02. The number of nitrogens with zero attached hydrogens (tertiary/aromatic N) is 5. The molecule has 3 aromatic rings. The Balaban J connectivity index is 0.00000156. The number of aromatic nitrogens is 4. The van der Waals surface area contributed by atoms with Crippen molar-refractivity contribution in [2.75, 3.05) is 26.3 Å². The molecule has 0 atom stereocenters. The van der Waals surface area contributed by atoms with Gasteiger partial charge >= 0.3 is 0 Å². The lowest BCUT2D eigenvalue weighted by Crippen LogP contribution is -2.36. The predicted octanol–water partition coefficient (Wildman–Crippen LogP) is 2.07. The standard InChI is InChI=1S/C16H17N5O.ClH/c1-2-6-14-13(4-1)5-3-7-15(14)21-16(17-18-19-21)12-20-8-10-22-11-9-20;/h1-7H,8-12H2;1H. The van der Waals surface area contributed by atoms with Crippen LogP contribution < -0.4 is 0 Å². The van der Waals surface area contributed by atoms with Crippen LogP contribution in [0.3, 0.4) is 0 Å². The van der Waals surface area contributed by atoms with Crippen LogP contribution in [0, 0.1) is 0 Å². The normalized spacial score (nSPS) is 15.5. The highest BCUT2D eigenvalue weighted by Crippen LogP contribution is 2.22. The van der Waals surface area contributed by atoms with E-state index < -0.39 is 0 Å². The Bertz CT molecular complexity index is 779. The Morgan fingerprint density at radius 2 is 1.78 bits per heavy atom. The molecule has 0 amide bonds. The molecule has 7 heteroatoms. The van der Waals surface area contributed by atoms with E-state index in [0.29, 0.717) is 0 Å². The third-order valence-electron chi connectivity index (χ3n) is 4.00. The lowest BCUT2D eigenvalue weighted by molar-refractivity contribution is 0.0327. The highest BCUT2D eigenvalue weighted by Gasteiger charge is 2.16. The minimum Gasteiger partial charge on any atom is -0.379 e. The summed E-state index contributed by atoms with van der Waals surface area (Å²) < 4.78 is 7.24. The molecule has 0 spiro atoms. The number of morpholine rings is 1. The van der Waals surface area contributed by atoms with Crippen LogP contribution in [0.5, 0.6) is 0 Å². The quantitative estimate of drug-likeness (QED) is 0.735. The van der Waals surface area contributed by atoms with Crippen LogP contribution in [0.15, 0.2) is 42.5 Å². The zero-order valence-corrected chi connectivity index (χ0v) is 13.4. The second kappa shape index (κ2) is 7.04. The Labute approximate surface area is 140 Å². The molecule has 0 aliphatic carbocycles. The number of hydrogen-bond donors (Lipinski definition) is 0. The minimum absolute atomic E-state index is 0. The Hall–Kier alpha value is -2.02. The van der Waals surface area contributed by atoms with Crippen molar-refractivity contribution in [2.24, 2.45) is 0 Å². The zero-order valence-electron chi connectivity index (χ0n) is 12.6. The van der Waals surface area contributed by atoms with E-state index in [2.05, 4.69) is 44.7 Å². The average molecular weight is 332 g/mol. The third-order valence-corrected chi connectivity index (χ3v) is 4.00. The summed E-state index contributed by atoms with van der Waals surface area (Å²) in [4.78, 5) is 2.32. The fraction of sp³-hybridized carbons (Fsp3) is 0.312. The van der Waals surface area contributed by atoms with Gasteiger partial charge in [-0.1, -0.05) is 36.4 Å². The van der Waals surface area contributed by atoms with E-state index in [1.807, 2.05) is 22.9 Å². The molecule has 0 unspecified atom stereocenters. The molecule has 2 aromatic carbocycles. The second-order valence-electron chi connectivity index (χ2n) is 5.39. The van der Waals surface area contributed by atoms with Crippen molar-refractivity contribution in [3.63, 3.8) is 0 Å². The van der Waals surface area contributed by atoms with Crippen molar-refractivity contribution < 1.29 is 4.74 Å². The first kappa shape index (κ1) is 15.9. The number of rotatable bonds is 3. The van der Waals surface area contributed by atoms with Crippen LogP contribution in [0.1, 0.15) is 5.82 Å². The van der Waals surface area contributed by atoms with Gasteiger partial charge in [0.1, 0.15) is 0 Å². The van der Waals surface area contributed by atoms with Gasteiger partial charge in [0.15, 0.2) is 5.82 Å². The maximum atomic E-state index is 5.39.